The van der Waals surface area contributed by atoms with Gasteiger partial charge in [-0.25, -0.2) is 0 Å². The summed E-state index contributed by atoms with van der Waals surface area (Å²) in [5.74, 6) is -0.749. The Morgan fingerprint density at radius 3 is 2.53 bits per heavy atom. The molecule has 0 spiro atoms. The molecule has 0 unspecified atom stereocenters. The molecule has 0 aliphatic carbocycles. The van der Waals surface area contributed by atoms with Crippen LogP contribution in [0, 0.1) is 5.41 Å². The molecule has 0 saturated carbocycles. The van der Waals surface area contributed by atoms with Crippen molar-refractivity contribution in [2.24, 2.45) is 5.41 Å². The van der Waals surface area contributed by atoms with Crippen LogP contribution in [0.2, 0.25) is 0 Å². The Morgan fingerprint density at radius 1 is 1.29 bits per heavy atom. The Kier molecular flexibility index (Phi) is 5.16. The molecule has 3 heteroatoms. The summed E-state index contributed by atoms with van der Waals surface area (Å²) in [6.45, 7) is 5.22. The molecular weight excluding hydrogens is 216 g/mol. The van der Waals surface area contributed by atoms with Crippen LogP contribution < -0.4 is 0 Å². The topological polar surface area (TPSA) is 46.5 Å². The first kappa shape index (κ1) is 13.7. The van der Waals surface area contributed by atoms with Gasteiger partial charge in [0.2, 0.25) is 0 Å². The van der Waals surface area contributed by atoms with Crippen molar-refractivity contribution in [3.05, 3.63) is 35.9 Å². The summed E-state index contributed by atoms with van der Waals surface area (Å²) >= 11 is 0. The van der Waals surface area contributed by atoms with E-state index in [9.17, 15) is 4.79 Å². The van der Waals surface area contributed by atoms with Crippen LogP contribution in [0.1, 0.15) is 32.3 Å². The monoisotopic (exact) mass is 236 g/mol. The SMILES string of the molecule is CC(C)(CCC(=O)O)COCc1ccccc1. The van der Waals surface area contributed by atoms with Crippen LogP contribution in [0.5, 0.6) is 0 Å². The largest absolute Gasteiger partial charge is 0.481 e. The minimum absolute atomic E-state index is 0.0901. The van der Waals surface area contributed by atoms with E-state index < -0.39 is 5.97 Å². The van der Waals surface area contributed by atoms with Gasteiger partial charge in [-0.05, 0) is 17.4 Å². The number of carboxylic acid groups (broad SMARTS) is 1. The maximum absolute atomic E-state index is 10.5. The van der Waals surface area contributed by atoms with Crippen molar-refractivity contribution in [2.45, 2.75) is 33.3 Å². The third-order valence-electron chi connectivity index (χ3n) is 2.62. The van der Waals surface area contributed by atoms with Crippen LogP contribution in [0.15, 0.2) is 30.3 Å². The molecule has 1 aromatic carbocycles. The number of carbonyl (C=O) groups is 1. The molecule has 17 heavy (non-hydrogen) atoms. The molecule has 1 aromatic rings. The molecule has 0 saturated heterocycles. The number of benzene rings is 1. The zero-order chi connectivity index (χ0) is 12.7. The Bertz CT molecular complexity index is 344. The van der Waals surface area contributed by atoms with Crippen molar-refractivity contribution in [3.63, 3.8) is 0 Å². The van der Waals surface area contributed by atoms with Gasteiger partial charge in [-0.3, -0.25) is 4.79 Å². The summed E-state index contributed by atoms with van der Waals surface area (Å²) in [5.41, 5.74) is 1.05. The van der Waals surface area contributed by atoms with E-state index in [-0.39, 0.29) is 11.8 Å². The van der Waals surface area contributed by atoms with Gasteiger partial charge in [-0.15, -0.1) is 0 Å². The van der Waals surface area contributed by atoms with Crippen molar-refractivity contribution in [1.29, 1.82) is 0 Å². The highest BCUT2D eigenvalue weighted by atomic mass is 16.5. The number of aliphatic carboxylic acids is 1. The van der Waals surface area contributed by atoms with Crippen LogP contribution in [0.25, 0.3) is 0 Å². The molecule has 1 rings (SSSR count). The van der Waals surface area contributed by atoms with E-state index in [0.717, 1.165) is 5.56 Å². The molecule has 0 aromatic heterocycles. The molecule has 0 radical (unpaired) electrons. The number of hydrogen-bond acceptors (Lipinski definition) is 2. The Morgan fingerprint density at radius 2 is 1.94 bits per heavy atom. The summed E-state index contributed by atoms with van der Waals surface area (Å²) in [5, 5.41) is 8.64. The van der Waals surface area contributed by atoms with Gasteiger partial charge in [0.05, 0.1) is 13.2 Å². The van der Waals surface area contributed by atoms with Gasteiger partial charge in [0.25, 0.3) is 0 Å². The van der Waals surface area contributed by atoms with Gasteiger partial charge in [-0.2, -0.15) is 0 Å². The first-order valence-corrected chi connectivity index (χ1v) is 5.83. The molecule has 0 heterocycles. The van der Waals surface area contributed by atoms with Gasteiger partial charge in [0.15, 0.2) is 0 Å². The molecule has 0 aliphatic heterocycles. The predicted molar refractivity (Wildman–Crippen MR) is 66.7 cm³/mol. The van der Waals surface area contributed by atoms with Crippen LogP contribution in [-0.2, 0) is 16.1 Å². The van der Waals surface area contributed by atoms with E-state index in [4.69, 9.17) is 9.84 Å². The minimum atomic E-state index is -0.749. The fourth-order valence-electron chi connectivity index (χ4n) is 1.54. The van der Waals surface area contributed by atoms with Crippen molar-refractivity contribution < 1.29 is 14.6 Å². The lowest BCUT2D eigenvalue weighted by molar-refractivity contribution is -0.137. The van der Waals surface area contributed by atoms with E-state index in [2.05, 4.69) is 0 Å². The van der Waals surface area contributed by atoms with Gasteiger partial charge >= 0.3 is 5.97 Å². The highest BCUT2D eigenvalue weighted by Gasteiger charge is 2.19. The van der Waals surface area contributed by atoms with Crippen LogP contribution in [0.3, 0.4) is 0 Å². The van der Waals surface area contributed by atoms with Crippen molar-refractivity contribution in [2.75, 3.05) is 6.61 Å². The Balaban J connectivity index is 2.27. The maximum Gasteiger partial charge on any atom is 0.303 e. The van der Waals surface area contributed by atoms with E-state index in [0.29, 0.717) is 19.6 Å². The second kappa shape index (κ2) is 6.40. The minimum Gasteiger partial charge on any atom is -0.481 e. The van der Waals surface area contributed by atoms with Gasteiger partial charge in [0, 0.05) is 6.42 Å². The third-order valence-corrected chi connectivity index (χ3v) is 2.62. The van der Waals surface area contributed by atoms with Crippen LogP contribution >= 0.6 is 0 Å². The lowest BCUT2D eigenvalue weighted by atomic mass is 9.89. The molecule has 0 aliphatic rings. The fourth-order valence-corrected chi connectivity index (χ4v) is 1.54. The zero-order valence-electron chi connectivity index (χ0n) is 10.5. The first-order chi connectivity index (χ1) is 7.99. The molecule has 0 fully saturated rings. The second-order valence-electron chi connectivity index (χ2n) is 5.04. The Labute approximate surface area is 102 Å². The summed E-state index contributed by atoms with van der Waals surface area (Å²) in [6.07, 6.45) is 0.832. The number of hydrogen-bond donors (Lipinski definition) is 1. The first-order valence-electron chi connectivity index (χ1n) is 5.83. The standard InChI is InChI=1S/C14H20O3/c1-14(2,9-8-13(15)16)11-17-10-12-6-4-3-5-7-12/h3-7H,8-11H2,1-2H3,(H,15,16). The molecule has 0 atom stereocenters. The quantitative estimate of drug-likeness (QED) is 0.791. The summed E-state index contributed by atoms with van der Waals surface area (Å²) in [7, 11) is 0. The average Bonchev–Trinajstić information content (AvgIpc) is 2.28. The predicted octanol–water partition coefficient (Wildman–Crippen LogP) is 3.09. The number of rotatable bonds is 7. The van der Waals surface area contributed by atoms with Gasteiger partial charge in [-0.1, -0.05) is 44.2 Å². The maximum atomic E-state index is 10.5. The van der Waals surface area contributed by atoms with Crippen LogP contribution in [0.4, 0.5) is 0 Å². The van der Waals surface area contributed by atoms with Crippen molar-refractivity contribution in [1.82, 2.24) is 0 Å². The van der Waals surface area contributed by atoms with Crippen molar-refractivity contribution >= 4 is 5.97 Å². The lowest BCUT2D eigenvalue weighted by Gasteiger charge is -2.23. The molecule has 0 bridgehead atoms. The normalized spacial score (nSPS) is 11.4. The lowest BCUT2D eigenvalue weighted by Crippen LogP contribution is -2.20. The molecular formula is C14H20O3. The molecule has 0 amide bonds. The summed E-state index contributed by atoms with van der Waals surface area (Å²) in [6, 6.07) is 9.97. The highest BCUT2D eigenvalue weighted by molar-refractivity contribution is 5.66. The summed E-state index contributed by atoms with van der Waals surface area (Å²) < 4.78 is 5.62. The molecule has 1 N–H and O–H groups in total. The highest BCUT2D eigenvalue weighted by Crippen LogP contribution is 2.23. The number of ether oxygens (including phenoxy) is 1. The fraction of sp³-hybridized carbons (Fsp3) is 0.500. The summed E-state index contributed by atoms with van der Waals surface area (Å²) in [4.78, 5) is 10.5. The van der Waals surface area contributed by atoms with Crippen molar-refractivity contribution in [3.8, 4) is 0 Å². The van der Waals surface area contributed by atoms with E-state index >= 15 is 0 Å². The van der Waals surface area contributed by atoms with E-state index in [1.54, 1.807) is 0 Å². The smallest absolute Gasteiger partial charge is 0.303 e. The number of carboxylic acids is 1. The zero-order valence-corrected chi connectivity index (χ0v) is 10.5. The van der Waals surface area contributed by atoms with Crippen LogP contribution in [-0.4, -0.2) is 17.7 Å². The van der Waals surface area contributed by atoms with Gasteiger partial charge < -0.3 is 9.84 Å². The molecule has 94 valence electrons. The third kappa shape index (κ3) is 6.07. The van der Waals surface area contributed by atoms with Gasteiger partial charge in [0.1, 0.15) is 0 Å². The molecule has 3 nitrogen and oxygen atoms in total. The Hall–Kier alpha value is -1.35. The average molecular weight is 236 g/mol. The second-order valence-corrected chi connectivity index (χ2v) is 5.04. The van der Waals surface area contributed by atoms with E-state index in [1.165, 1.54) is 0 Å². The van der Waals surface area contributed by atoms with E-state index in [1.807, 2.05) is 44.2 Å².